The van der Waals surface area contributed by atoms with Crippen molar-refractivity contribution in [3.8, 4) is 0 Å². The second-order valence-corrected chi connectivity index (χ2v) is 28.4. The molecule has 0 N–H and O–H groups in total. The number of sulfone groups is 1. The molecule has 1 aliphatic carbocycles. The molecule has 0 saturated heterocycles. The molecule has 1 fully saturated rings. The van der Waals surface area contributed by atoms with Crippen molar-refractivity contribution < 1.29 is 17.3 Å². The normalized spacial score (nSPS) is 19.4. The zero-order chi connectivity index (χ0) is 32.0. The van der Waals surface area contributed by atoms with Crippen LogP contribution in [0, 0.1) is 11.8 Å². The van der Waals surface area contributed by atoms with Crippen molar-refractivity contribution in [3.05, 3.63) is 29.8 Å². The van der Waals surface area contributed by atoms with Gasteiger partial charge < -0.3 is 13.8 Å². The van der Waals surface area contributed by atoms with Gasteiger partial charge >= 0.3 is 0 Å². The molecule has 0 unspecified atom stereocenters. The SMILES string of the molecule is CC(C)S(=O)(=O)CC1CCC(CCc2ccc(N(CCO[Si](C)(C)C(C)(C)C)CCO[Si](C)(C)C(C)(C)C)cc2)CC1. The average molecular weight is 640 g/mol. The van der Waals surface area contributed by atoms with Crippen LogP contribution in [0.2, 0.25) is 36.3 Å². The van der Waals surface area contributed by atoms with Gasteiger partial charge in [-0.25, -0.2) is 8.42 Å². The van der Waals surface area contributed by atoms with Crippen LogP contribution in [-0.2, 0) is 25.1 Å². The standard InChI is InChI=1S/C34H65NO4SSi2/c1-28(2)40(36,37)27-31-17-15-29(16-18-31)13-14-30-19-21-32(22-20-30)35(23-25-38-41(9,10)33(3,4)5)24-26-39-42(11,12)34(6,7)8/h19-22,28-29,31H,13-18,23-27H2,1-12H3. The molecule has 0 aromatic heterocycles. The van der Waals surface area contributed by atoms with Gasteiger partial charge in [-0.05, 0) is 105 Å². The number of rotatable bonds is 15. The van der Waals surface area contributed by atoms with Crippen LogP contribution >= 0.6 is 0 Å². The summed E-state index contributed by atoms with van der Waals surface area (Å²) >= 11 is 0. The van der Waals surface area contributed by atoms with E-state index in [1.54, 1.807) is 13.8 Å². The Bertz CT molecular complexity index is 1020. The van der Waals surface area contributed by atoms with E-state index in [0.717, 1.165) is 58.4 Å². The maximum atomic E-state index is 12.3. The Hall–Kier alpha value is -0.676. The van der Waals surface area contributed by atoms with Gasteiger partial charge in [0.15, 0.2) is 26.5 Å². The van der Waals surface area contributed by atoms with Gasteiger partial charge in [0.2, 0.25) is 0 Å². The third-order valence-corrected chi connectivity index (χ3v) is 22.0. The molecule has 1 aliphatic rings. The Balaban J connectivity index is 1.97. The lowest BCUT2D eigenvalue weighted by atomic mass is 9.80. The quantitative estimate of drug-likeness (QED) is 0.179. The number of hydrogen-bond donors (Lipinski definition) is 0. The molecule has 42 heavy (non-hydrogen) atoms. The Labute approximate surface area is 262 Å². The van der Waals surface area contributed by atoms with E-state index in [1.165, 1.54) is 17.7 Å². The van der Waals surface area contributed by atoms with Gasteiger partial charge in [-0.1, -0.05) is 66.5 Å². The van der Waals surface area contributed by atoms with E-state index < -0.39 is 26.5 Å². The molecular weight excluding hydrogens is 575 g/mol. The summed E-state index contributed by atoms with van der Waals surface area (Å²) in [7, 11) is -6.53. The smallest absolute Gasteiger partial charge is 0.192 e. The van der Waals surface area contributed by atoms with Crippen LogP contribution in [0.4, 0.5) is 5.69 Å². The van der Waals surface area contributed by atoms with Gasteiger partial charge in [0.05, 0.1) is 24.2 Å². The van der Waals surface area contributed by atoms with Crippen molar-refractivity contribution in [2.45, 2.75) is 135 Å². The summed E-state index contributed by atoms with van der Waals surface area (Å²) in [4.78, 5) is 2.44. The Morgan fingerprint density at radius 2 is 1.21 bits per heavy atom. The minimum absolute atomic E-state index is 0.204. The number of anilines is 1. The van der Waals surface area contributed by atoms with Gasteiger partial charge in [-0.3, -0.25) is 0 Å². The molecule has 244 valence electrons. The molecule has 5 nitrogen and oxygen atoms in total. The van der Waals surface area contributed by atoms with Crippen LogP contribution < -0.4 is 4.90 Å². The van der Waals surface area contributed by atoms with Crippen LogP contribution in [0.5, 0.6) is 0 Å². The van der Waals surface area contributed by atoms with Gasteiger partial charge in [-0.15, -0.1) is 0 Å². The van der Waals surface area contributed by atoms with Crippen molar-refractivity contribution >= 4 is 32.2 Å². The number of aryl methyl sites for hydroxylation is 1. The van der Waals surface area contributed by atoms with Gasteiger partial charge in [0, 0.05) is 18.8 Å². The Morgan fingerprint density at radius 1 is 0.786 bits per heavy atom. The van der Waals surface area contributed by atoms with Gasteiger partial charge in [0.1, 0.15) is 0 Å². The van der Waals surface area contributed by atoms with Crippen molar-refractivity contribution in [2.24, 2.45) is 11.8 Å². The fourth-order valence-electron chi connectivity index (χ4n) is 5.08. The first-order valence-corrected chi connectivity index (χ1v) is 24.0. The van der Waals surface area contributed by atoms with Crippen LogP contribution in [0.15, 0.2) is 24.3 Å². The van der Waals surface area contributed by atoms with E-state index in [0.29, 0.717) is 17.6 Å². The maximum Gasteiger partial charge on any atom is 0.192 e. The number of benzene rings is 1. The second kappa shape index (κ2) is 15.1. The van der Waals surface area contributed by atoms with E-state index >= 15 is 0 Å². The fourth-order valence-corrected chi connectivity index (χ4v) is 8.52. The number of nitrogens with zero attached hydrogens (tertiary/aromatic N) is 1. The molecule has 0 radical (unpaired) electrons. The third kappa shape index (κ3) is 11.4. The van der Waals surface area contributed by atoms with Crippen LogP contribution in [0.1, 0.15) is 93.1 Å². The first-order valence-electron chi connectivity index (χ1n) is 16.5. The molecule has 1 saturated carbocycles. The van der Waals surface area contributed by atoms with Crippen LogP contribution in [0.25, 0.3) is 0 Å². The topological polar surface area (TPSA) is 55.8 Å². The molecule has 0 amide bonds. The van der Waals surface area contributed by atoms with Crippen LogP contribution in [-0.4, -0.2) is 62.4 Å². The van der Waals surface area contributed by atoms with Crippen molar-refractivity contribution in [3.63, 3.8) is 0 Å². The lowest BCUT2D eigenvalue weighted by molar-refractivity contribution is 0.276. The minimum Gasteiger partial charge on any atom is -0.415 e. The molecule has 2 rings (SSSR count). The predicted octanol–water partition coefficient (Wildman–Crippen LogP) is 9.10. The van der Waals surface area contributed by atoms with E-state index in [4.69, 9.17) is 8.85 Å². The first kappa shape index (κ1) is 37.5. The van der Waals surface area contributed by atoms with E-state index in [1.807, 2.05) is 0 Å². The van der Waals surface area contributed by atoms with Crippen molar-refractivity contribution in [1.29, 1.82) is 0 Å². The second-order valence-electron chi connectivity index (χ2n) is 16.2. The predicted molar refractivity (Wildman–Crippen MR) is 188 cm³/mol. The van der Waals surface area contributed by atoms with E-state index in [-0.39, 0.29) is 15.3 Å². The minimum atomic E-state index is -2.94. The lowest BCUT2D eigenvalue weighted by Gasteiger charge is -2.38. The molecule has 1 aromatic carbocycles. The molecule has 1 aromatic rings. The highest BCUT2D eigenvalue weighted by Gasteiger charge is 2.38. The average Bonchev–Trinajstić information content (AvgIpc) is 2.86. The third-order valence-electron chi connectivity index (χ3n) is 10.6. The zero-order valence-corrected chi connectivity index (χ0v) is 32.1. The molecule has 0 bridgehead atoms. The van der Waals surface area contributed by atoms with Gasteiger partial charge in [0.25, 0.3) is 0 Å². The monoisotopic (exact) mass is 639 g/mol. The van der Waals surface area contributed by atoms with E-state index in [2.05, 4.69) is 96.9 Å². The molecule has 0 atom stereocenters. The lowest BCUT2D eigenvalue weighted by Crippen LogP contribution is -2.44. The fraction of sp³-hybridized carbons (Fsp3) is 0.824. The summed E-state index contributed by atoms with van der Waals surface area (Å²) in [5.74, 6) is 1.43. The van der Waals surface area contributed by atoms with E-state index in [9.17, 15) is 8.42 Å². The summed E-state index contributed by atoms with van der Waals surface area (Å²) in [6.07, 6.45) is 6.70. The largest absolute Gasteiger partial charge is 0.415 e. The molecule has 0 spiro atoms. The molecular formula is C34H65NO4SSi2. The molecule has 0 heterocycles. The Morgan fingerprint density at radius 3 is 1.62 bits per heavy atom. The first-order chi connectivity index (χ1) is 19.1. The summed E-state index contributed by atoms with van der Waals surface area (Å²) in [6.45, 7) is 29.9. The molecule has 8 heteroatoms. The zero-order valence-electron chi connectivity index (χ0n) is 29.3. The maximum absolute atomic E-state index is 12.3. The highest BCUT2D eigenvalue weighted by atomic mass is 32.2. The summed E-state index contributed by atoms with van der Waals surface area (Å²) in [6, 6.07) is 9.16. The summed E-state index contributed by atoms with van der Waals surface area (Å²) in [5, 5.41) is 0.148. The van der Waals surface area contributed by atoms with Crippen molar-refractivity contribution in [1.82, 2.24) is 0 Å². The van der Waals surface area contributed by atoms with Crippen molar-refractivity contribution in [2.75, 3.05) is 37.0 Å². The highest BCUT2D eigenvalue weighted by molar-refractivity contribution is 7.91. The van der Waals surface area contributed by atoms with Crippen LogP contribution in [0.3, 0.4) is 0 Å². The Kier molecular flexibility index (Phi) is 13.5. The summed E-state index contributed by atoms with van der Waals surface area (Å²) in [5.41, 5.74) is 2.63. The highest BCUT2D eigenvalue weighted by Crippen LogP contribution is 2.38. The summed E-state index contributed by atoms with van der Waals surface area (Å²) < 4.78 is 37.8. The number of hydrogen-bond acceptors (Lipinski definition) is 5. The van der Waals surface area contributed by atoms with Gasteiger partial charge in [-0.2, -0.15) is 0 Å². The molecule has 0 aliphatic heterocycles.